The Hall–Kier alpha value is -1.85. The van der Waals surface area contributed by atoms with Gasteiger partial charge in [0.15, 0.2) is 0 Å². The molecule has 0 unspecified atom stereocenters. The van der Waals surface area contributed by atoms with E-state index in [1.807, 2.05) is 27.2 Å². The van der Waals surface area contributed by atoms with Crippen molar-refractivity contribution in [1.29, 1.82) is 0 Å². The second kappa shape index (κ2) is 2.83. The molecule has 6 nitrogen and oxygen atoms in total. The first-order chi connectivity index (χ1) is 6.59. The van der Waals surface area contributed by atoms with Crippen LogP contribution in [-0.4, -0.2) is 24.8 Å². The number of nitrogens with two attached hydrogens (primary N) is 1. The van der Waals surface area contributed by atoms with Gasteiger partial charge < -0.3 is 5.73 Å². The SMILES string of the molecule is Cc1c(-c2cn(C)nn2)nn(C)c1N. The van der Waals surface area contributed by atoms with Gasteiger partial charge in [-0.1, -0.05) is 5.21 Å². The highest BCUT2D eigenvalue weighted by molar-refractivity contribution is 5.63. The molecule has 6 heteroatoms. The minimum atomic E-state index is 0.658. The van der Waals surface area contributed by atoms with Crippen molar-refractivity contribution in [3.8, 4) is 11.4 Å². The van der Waals surface area contributed by atoms with Crippen molar-refractivity contribution < 1.29 is 0 Å². The van der Waals surface area contributed by atoms with Crippen molar-refractivity contribution in [1.82, 2.24) is 24.8 Å². The van der Waals surface area contributed by atoms with E-state index in [1.165, 1.54) is 0 Å². The van der Waals surface area contributed by atoms with Crippen LogP contribution in [0.3, 0.4) is 0 Å². The monoisotopic (exact) mass is 192 g/mol. The lowest BCUT2D eigenvalue weighted by atomic mass is 10.2. The summed E-state index contributed by atoms with van der Waals surface area (Å²) in [5, 5.41) is 12.1. The zero-order chi connectivity index (χ0) is 10.3. The number of anilines is 1. The Bertz CT molecular complexity index is 466. The number of rotatable bonds is 1. The molecule has 2 aromatic heterocycles. The summed E-state index contributed by atoms with van der Waals surface area (Å²) in [7, 11) is 3.63. The molecule has 14 heavy (non-hydrogen) atoms. The van der Waals surface area contributed by atoms with Gasteiger partial charge in [0.25, 0.3) is 0 Å². The van der Waals surface area contributed by atoms with Gasteiger partial charge in [-0.15, -0.1) is 5.10 Å². The van der Waals surface area contributed by atoms with E-state index in [0.717, 1.165) is 17.0 Å². The minimum Gasteiger partial charge on any atom is -0.384 e. The smallest absolute Gasteiger partial charge is 0.133 e. The van der Waals surface area contributed by atoms with Crippen LogP contribution in [0.1, 0.15) is 5.56 Å². The van der Waals surface area contributed by atoms with Gasteiger partial charge in [0.05, 0.1) is 6.20 Å². The maximum atomic E-state index is 5.79. The van der Waals surface area contributed by atoms with Crippen molar-refractivity contribution in [2.24, 2.45) is 14.1 Å². The first-order valence-corrected chi connectivity index (χ1v) is 4.25. The molecule has 0 aromatic carbocycles. The Morgan fingerprint density at radius 2 is 2.07 bits per heavy atom. The molecule has 0 aliphatic rings. The van der Waals surface area contributed by atoms with E-state index in [9.17, 15) is 0 Å². The highest BCUT2D eigenvalue weighted by Gasteiger charge is 2.13. The average molecular weight is 192 g/mol. The van der Waals surface area contributed by atoms with Crippen LogP contribution in [0, 0.1) is 6.92 Å². The first-order valence-electron chi connectivity index (χ1n) is 4.25. The highest BCUT2D eigenvalue weighted by Crippen LogP contribution is 2.23. The van der Waals surface area contributed by atoms with Crippen LogP contribution in [-0.2, 0) is 14.1 Å². The number of nitrogen functional groups attached to an aromatic ring is 1. The van der Waals surface area contributed by atoms with Crippen LogP contribution >= 0.6 is 0 Å². The molecule has 2 rings (SSSR count). The fourth-order valence-electron chi connectivity index (χ4n) is 1.34. The summed E-state index contributed by atoms with van der Waals surface area (Å²) in [5.41, 5.74) is 8.27. The molecule has 0 radical (unpaired) electrons. The fraction of sp³-hybridized carbons (Fsp3) is 0.375. The van der Waals surface area contributed by atoms with Crippen LogP contribution in [0.15, 0.2) is 6.20 Å². The number of nitrogens with zero attached hydrogens (tertiary/aromatic N) is 5. The number of aryl methyl sites for hydroxylation is 2. The fourth-order valence-corrected chi connectivity index (χ4v) is 1.34. The van der Waals surface area contributed by atoms with E-state index in [1.54, 1.807) is 9.36 Å². The van der Waals surface area contributed by atoms with Crippen LogP contribution in [0.4, 0.5) is 5.82 Å². The van der Waals surface area contributed by atoms with E-state index in [0.29, 0.717) is 5.82 Å². The quantitative estimate of drug-likeness (QED) is 0.695. The molecule has 0 bridgehead atoms. The standard InChI is InChI=1S/C8H12N6/c1-5-7(11-14(3)8(5)9)6-4-13(2)12-10-6/h4H,9H2,1-3H3. The maximum absolute atomic E-state index is 5.79. The van der Waals surface area contributed by atoms with Gasteiger partial charge in [0, 0.05) is 19.7 Å². The summed E-state index contributed by atoms with van der Waals surface area (Å²) in [5.74, 6) is 0.658. The summed E-state index contributed by atoms with van der Waals surface area (Å²) < 4.78 is 3.28. The summed E-state index contributed by atoms with van der Waals surface area (Å²) in [6, 6.07) is 0. The lowest BCUT2D eigenvalue weighted by molar-refractivity contribution is 0.715. The molecule has 0 saturated carbocycles. The minimum absolute atomic E-state index is 0.658. The normalized spacial score (nSPS) is 10.8. The van der Waals surface area contributed by atoms with E-state index in [4.69, 9.17) is 5.73 Å². The van der Waals surface area contributed by atoms with Crippen molar-refractivity contribution in [2.45, 2.75) is 6.92 Å². The lowest BCUT2D eigenvalue weighted by Gasteiger charge is -1.91. The molecule has 0 spiro atoms. The van der Waals surface area contributed by atoms with Crippen molar-refractivity contribution in [3.05, 3.63) is 11.8 Å². The predicted octanol–water partition coefficient (Wildman–Crippen LogP) is 0.106. The number of aromatic nitrogens is 5. The van der Waals surface area contributed by atoms with Gasteiger partial charge in [-0.05, 0) is 6.92 Å². The molecule has 2 heterocycles. The average Bonchev–Trinajstić information content (AvgIpc) is 2.66. The van der Waals surface area contributed by atoms with Crippen LogP contribution in [0.5, 0.6) is 0 Å². The third-order valence-corrected chi connectivity index (χ3v) is 2.18. The van der Waals surface area contributed by atoms with Gasteiger partial charge in [-0.2, -0.15) is 5.10 Å². The van der Waals surface area contributed by atoms with Crippen molar-refractivity contribution >= 4 is 5.82 Å². The Morgan fingerprint density at radius 1 is 1.36 bits per heavy atom. The Labute approximate surface area is 81.3 Å². The molecular formula is C8H12N6. The summed E-state index contributed by atoms with van der Waals surface area (Å²) in [6.07, 6.45) is 1.81. The van der Waals surface area contributed by atoms with Crippen LogP contribution < -0.4 is 5.73 Å². The van der Waals surface area contributed by atoms with Gasteiger partial charge in [-0.25, -0.2) is 0 Å². The van der Waals surface area contributed by atoms with E-state index < -0.39 is 0 Å². The summed E-state index contributed by atoms with van der Waals surface area (Å²) >= 11 is 0. The molecule has 0 saturated heterocycles. The van der Waals surface area contributed by atoms with Gasteiger partial charge in [-0.3, -0.25) is 9.36 Å². The molecule has 0 fully saturated rings. The molecule has 2 aromatic rings. The largest absolute Gasteiger partial charge is 0.384 e. The van der Waals surface area contributed by atoms with Crippen molar-refractivity contribution in [3.63, 3.8) is 0 Å². The van der Waals surface area contributed by atoms with Crippen LogP contribution in [0.25, 0.3) is 11.4 Å². The molecule has 0 aliphatic heterocycles. The third-order valence-electron chi connectivity index (χ3n) is 2.18. The lowest BCUT2D eigenvalue weighted by Crippen LogP contribution is -1.97. The Kier molecular flexibility index (Phi) is 1.77. The molecule has 0 aliphatic carbocycles. The molecule has 74 valence electrons. The molecular weight excluding hydrogens is 180 g/mol. The predicted molar refractivity (Wildman–Crippen MR) is 52.4 cm³/mol. The van der Waals surface area contributed by atoms with Crippen molar-refractivity contribution in [2.75, 3.05) is 5.73 Å². The summed E-state index contributed by atoms with van der Waals surface area (Å²) in [6.45, 7) is 1.92. The second-order valence-corrected chi connectivity index (χ2v) is 3.26. The molecule has 2 N–H and O–H groups in total. The van der Waals surface area contributed by atoms with E-state index in [-0.39, 0.29) is 0 Å². The highest BCUT2D eigenvalue weighted by atomic mass is 15.4. The zero-order valence-electron chi connectivity index (χ0n) is 8.39. The van der Waals surface area contributed by atoms with Gasteiger partial charge in [0.2, 0.25) is 0 Å². The van der Waals surface area contributed by atoms with E-state index in [2.05, 4.69) is 15.4 Å². The first kappa shape index (κ1) is 8.74. The third kappa shape index (κ3) is 1.15. The van der Waals surface area contributed by atoms with Gasteiger partial charge in [0.1, 0.15) is 17.2 Å². The maximum Gasteiger partial charge on any atom is 0.133 e. The Morgan fingerprint density at radius 3 is 2.50 bits per heavy atom. The molecule has 0 amide bonds. The summed E-state index contributed by atoms with van der Waals surface area (Å²) in [4.78, 5) is 0. The van der Waals surface area contributed by atoms with Crippen LogP contribution in [0.2, 0.25) is 0 Å². The number of hydrogen-bond donors (Lipinski definition) is 1. The second-order valence-electron chi connectivity index (χ2n) is 3.26. The molecule has 0 atom stereocenters. The zero-order valence-corrected chi connectivity index (χ0v) is 8.39. The van der Waals surface area contributed by atoms with Gasteiger partial charge >= 0.3 is 0 Å². The number of hydrogen-bond acceptors (Lipinski definition) is 4. The van der Waals surface area contributed by atoms with E-state index >= 15 is 0 Å². The topological polar surface area (TPSA) is 74.5 Å². The Balaban J connectivity index is 2.57.